The normalized spacial score (nSPS) is 5.50. The van der Waals surface area contributed by atoms with Gasteiger partial charge in [0.05, 0.1) is 0 Å². The van der Waals surface area contributed by atoms with Crippen molar-refractivity contribution in [3.05, 3.63) is 0 Å². The van der Waals surface area contributed by atoms with Crippen molar-refractivity contribution in [2.45, 2.75) is 6.92 Å². The van der Waals surface area contributed by atoms with Crippen molar-refractivity contribution in [3.8, 4) is 0 Å². The third-order valence-corrected chi connectivity index (χ3v) is 0. The van der Waals surface area contributed by atoms with E-state index in [1.807, 2.05) is 6.92 Å². The molecule has 0 aromatic heterocycles. The smallest absolute Gasteiger partial charge is 0.331 e. The third-order valence-electron chi connectivity index (χ3n) is 0. The summed E-state index contributed by atoms with van der Waals surface area (Å²) in [6, 6.07) is 0. The lowest BCUT2D eigenvalue weighted by atomic mass is 10.8. The second-order valence-corrected chi connectivity index (χ2v) is 1.17. The maximum Gasteiger partial charge on any atom is 0.692 e. The largest absolute Gasteiger partial charge is 0.692 e. The van der Waals surface area contributed by atoms with E-state index in [2.05, 4.69) is 0 Å². The number of rotatable bonds is 0. The van der Waals surface area contributed by atoms with Crippen LogP contribution in [0, 0.1) is 0 Å². The Balaban J connectivity index is -0.0000000575. The van der Waals surface area contributed by atoms with Crippen LogP contribution >= 0.6 is 25.2 Å². The lowest BCUT2D eigenvalue weighted by Gasteiger charge is -1.53. The van der Waals surface area contributed by atoms with Crippen molar-refractivity contribution in [1.29, 1.82) is 0 Å². The van der Waals surface area contributed by atoms with Crippen LogP contribution in [0.3, 0.4) is 0 Å². The van der Waals surface area contributed by atoms with Crippen LogP contribution in [0.2, 0.25) is 0 Å². The molecule has 8 heavy (non-hydrogen) atoms. The maximum absolute atomic E-state index is 8.70. The summed E-state index contributed by atoms with van der Waals surface area (Å²) in [4.78, 5) is 14.2. The maximum atomic E-state index is 8.70. The summed E-state index contributed by atoms with van der Waals surface area (Å²) < 4.78 is 8.70. The minimum atomic E-state index is -2.87. The van der Waals surface area contributed by atoms with Crippen LogP contribution in [0.4, 0.5) is 0 Å². The molecule has 0 saturated carbocycles. The Labute approximate surface area is 59.4 Å². The molecule has 0 atom stereocenters. The zero-order valence-electron chi connectivity index (χ0n) is 4.44. The van der Waals surface area contributed by atoms with Crippen LogP contribution in [0.5, 0.6) is 0 Å². The molecule has 0 unspecified atom stereocenters. The number of hydrogen-bond donors (Lipinski definition) is 3. The lowest BCUT2D eigenvalue weighted by Crippen LogP contribution is -1.87. The van der Waals surface area contributed by atoms with Gasteiger partial charge in [-0.3, -0.25) is 0 Å². The second-order valence-electron chi connectivity index (χ2n) is 0.661. The molecule has 0 amide bonds. The van der Waals surface area contributed by atoms with E-state index in [1.54, 1.807) is 0 Å². The van der Waals surface area contributed by atoms with Gasteiger partial charge in [0.15, 0.2) is 0 Å². The molecule has 0 bridgehead atoms. The van der Waals surface area contributed by atoms with Gasteiger partial charge in [0, 0.05) is 4.57 Å². The van der Waals surface area contributed by atoms with Crippen LogP contribution < -0.4 is 5.73 Å². The van der Waals surface area contributed by atoms with Gasteiger partial charge >= 0.3 is 8.25 Å². The molecular weight excluding hydrogens is 197 g/mol. The van der Waals surface area contributed by atoms with Gasteiger partial charge in [-0.25, -0.2) is 0 Å². The van der Waals surface area contributed by atoms with E-state index in [0.29, 0.717) is 0 Å². The van der Waals surface area contributed by atoms with Crippen LogP contribution in [0.25, 0.3) is 0 Å². The molecule has 0 saturated heterocycles. The average Bonchev–Trinajstić information content (AvgIpc) is 1.33. The van der Waals surface area contributed by atoms with Crippen molar-refractivity contribution in [2.75, 3.05) is 6.54 Å². The Hall–Kier alpha value is 0.460. The molecular formula is C2H10BrNO3P+. The molecule has 0 aliphatic heterocycles. The summed E-state index contributed by atoms with van der Waals surface area (Å²) in [5.74, 6) is 0. The van der Waals surface area contributed by atoms with Gasteiger partial charge < -0.3 is 5.73 Å². The van der Waals surface area contributed by atoms with E-state index < -0.39 is 8.25 Å². The standard InChI is InChI=1S/C2H7N.BrH.HO3P/c1-2-3;;1-4(2)3/h2-3H2,1H3;1H;(H-,1,2,3)/p+1. The number of hydrogen-bond acceptors (Lipinski definition) is 2. The molecule has 52 valence electrons. The van der Waals surface area contributed by atoms with Gasteiger partial charge in [-0.05, 0) is 6.54 Å². The molecule has 0 fully saturated rings. The highest BCUT2D eigenvalue weighted by atomic mass is 79.9. The van der Waals surface area contributed by atoms with Crippen LogP contribution in [-0.4, -0.2) is 16.3 Å². The first-order valence-electron chi connectivity index (χ1n) is 1.70. The van der Waals surface area contributed by atoms with Crippen molar-refractivity contribution >= 4 is 25.2 Å². The Morgan fingerprint density at radius 1 is 1.62 bits per heavy atom. The summed E-state index contributed by atoms with van der Waals surface area (Å²) in [7, 11) is -2.87. The molecule has 0 aliphatic rings. The van der Waals surface area contributed by atoms with E-state index in [4.69, 9.17) is 20.1 Å². The Morgan fingerprint density at radius 3 is 1.62 bits per heavy atom. The number of nitrogens with two attached hydrogens (primary N) is 1. The second kappa shape index (κ2) is 15.7. The van der Waals surface area contributed by atoms with Crippen molar-refractivity contribution < 1.29 is 14.4 Å². The van der Waals surface area contributed by atoms with Gasteiger partial charge in [0.1, 0.15) is 0 Å². The first-order valence-corrected chi connectivity index (χ1v) is 2.86. The van der Waals surface area contributed by atoms with E-state index in [9.17, 15) is 0 Å². The lowest BCUT2D eigenvalue weighted by molar-refractivity contribution is 0.405. The molecule has 6 heteroatoms. The van der Waals surface area contributed by atoms with E-state index in [-0.39, 0.29) is 17.0 Å². The van der Waals surface area contributed by atoms with Crippen LogP contribution in [0.15, 0.2) is 0 Å². The minimum absolute atomic E-state index is 0. The summed E-state index contributed by atoms with van der Waals surface area (Å²) in [6.07, 6.45) is 0. The van der Waals surface area contributed by atoms with Crippen LogP contribution in [0.1, 0.15) is 6.92 Å². The van der Waals surface area contributed by atoms with Crippen LogP contribution in [-0.2, 0) is 4.57 Å². The molecule has 0 heterocycles. The zero-order valence-corrected chi connectivity index (χ0v) is 7.05. The average molecular weight is 207 g/mol. The predicted molar refractivity (Wildman–Crippen MR) is 37.1 cm³/mol. The minimum Gasteiger partial charge on any atom is -0.331 e. The van der Waals surface area contributed by atoms with Gasteiger partial charge in [-0.2, -0.15) is 0 Å². The molecule has 0 spiro atoms. The zero-order chi connectivity index (χ0) is 6.28. The topological polar surface area (TPSA) is 83.6 Å². The third kappa shape index (κ3) is 910. The molecule has 4 nitrogen and oxygen atoms in total. The highest BCUT2D eigenvalue weighted by molar-refractivity contribution is 8.93. The van der Waals surface area contributed by atoms with Gasteiger partial charge in [-0.1, -0.05) is 6.92 Å². The van der Waals surface area contributed by atoms with Crippen molar-refractivity contribution in [1.82, 2.24) is 0 Å². The Morgan fingerprint density at radius 2 is 1.62 bits per heavy atom. The summed E-state index contributed by atoms with van der Waals surface area (Å²) >= 11 is 0. The first-order chi connectivity index (χ1) is 3.15. The quantitative estimate of drug-likeness (QED) is 0.494. The van der Waals surface area contributed by atoms with Gasteiger partial charge in [0.2, 0.25) is 0 Å². The van der Waals surface area contributed by atoms with Crippen molar-refractivity contribution in [2.24, 2.45) is 5.73 Å². The highest BCUT2D eigenvalue weighted by Crippen LogP contribution is 1.98. The molecule has 0 radical (unpaired) electrons. The van der Waals surface area contributed by atoms with E-state index in [1.165, 1.54) is 0 Å². The van der Waals surface area contributed by atoms with Gasteiger partial charge in [-0.15, -0.1) is 26.8 Å². The molecule has 0 aromatic carbocycles. The van der Waals surface area contributed by atoms with E-state index >= 15 is 0 Å². The fourth-order valence-electron chi connectivity index (χ4n) is 0. The molecule has 0 aliphatic carbocycles. The fraction of sp³-hybridized carbons (Fsp3) is 1.00. The highest BCUT2D eigenvalue weighted by Gasteiger charge is 1.93. The monoisotopic (exact) mass is 206 g/mol. The Bertz CT molecular complexity index is 48.5. The molecule has 4 N–H and O–H groups in total. The fourth-order valence-corrected chi connectivity index (χ4v) is 0. The summed E-state index contributed by atoms with van der Waals surface area (Å²) in [6.45, 7) is 2.65. The summed E-state index contributed by atoms with van der Waals surface area (Å²) in [5, 5.41) is 0. The SMILES string of the molecule is Br.CCN.O=[P+](O)O. The van der Waals surface area contributed by atoms with E-state index in [0.717, 1.165) is 6.54 Å². The van der Waals surface area contributed by atoms with Crippen molar-refractivity contribution in [3.63, 3.8) is 0 Å². The summed E-state index contributed by atoms with van der Waals surface area (Å²) in [5.41, 5.74) is 4.85. The molecule has 0 rings (SSSR count). The first kappa shape index (κ1) is 15.8. The van der Waals surface area contributed by atoms with Gasteiger partial charge in [0.25, 0.3) is 0 Å². The molecule has 0 aromatic rings. The number of halogens is 1. The predicted octanol–water partition coefficient (Wildman–Crippen LogP) is 0.171. The Kier molecular flexibility index (Phi) is 30.9.